The van der Waals surface area contributed by atoms with Crippen LogP contribution < -0.4 is 5.32 Å². The summed E-state index contributed by atoms with van der Waals surface area (Å²) in [5.74, 6) is 1.47. The minimum atomic E-state index is 0.715. The summed E-state index contributed by atoms with van der Waals surface area (Å²) < 4.78 is 0. The first-order valence-electron chi connectivity index (χ1n) is 8.57. The van der Waals surface area contributed by atoms with E-state index in [2.05, 4.69) is 62.2 Å². The molecule has 2 rings (SSSR count). The zero-order chi connectivity index (χ0) is 15.2. The summed E-state index contributed by atoms with van der Waals surface area (Å²) in [7, 11) is 0. The zero-order valence-electron chi connectivity index (χ0n) is 14.2. The van der Waals surface area contributed by atoms with E-state index in [-0.39, 0.29) is 0 Å². The van der Waals surface area contributed by atoms with Gasteiger partial charge in [-0.2, -0.15) is 0 Å². The SMILES string of the molecule is CC(C)CNCc1ccc(CN(CC(C)C)C2CC2)cc1. The Kier molecular flexibility index (Phi) is 6.25. The van der Waals surface area contributed by atoms with Crippen LogP contribution in [-0.2, 0) is 13.1 Å². The maximum absolute atomic E-state index is 3.51. The first-order valence-corrected chi connectivity index (χ1v) is 8.57. The molecule has 1 N–H and O–H groups in total. The maximum Gasteiger partial charge on any atom is 0.0236 e. The molecular formula is C19H32N2. The average Bonchev–Trinajstić information content (AvgIpc) is 3.23. The molecular weight excluding hydrogens is 256 g/mol. The number of benzene rings is 1. The number of hydrogen-bond acceptors (Lipinski definition) is 2. The minimum absolute atomic E-state index is 0.715. The normalized spacial score (nSPS) is 15.4. The second-order valence-electron chi connectivity index (χ2n) is 7.40. The Morgan fingerprint density at radius 1 is 1.00 bits per heavy atom. The largest absolute Gasteiger partial charge is 0.312 e. The van der Waals surface area contributed by atoms with Crippen LogP contribution in [0.4, 0.5) is 0 Å². The first kappa shape index (κ1) is 16.5. The number of hydrogen-bond donors (Lipinski definition) is 1. The van der Waals surface area contributed by atoms with Crippen LogP contribution in [-0.4, -0.2) is 24.0 Å². The lowest BCUT2D eigenvalue weighted by Crippen LogP contribution is -2.29. The van der Waals surface area contributed by atoms with Crippen molar-refractivity contribution < 1.29 is 0 Å². The van der Waals surface area contributed by atoms with Gasteiger partial charge in [-0.3, -0.25) is 4.90 Å². The van der Waals surface area contributed by atoms with Crippen molar-refractivity contribution in [2.24, 2.45) is 11.8 Å². The molecule has 2 nitrogen and oxygen atoms in total. The van der Waals surface area contributed by atoms with Crippen molar-refractivity contribution in [1.29, 1.82) is 0 Å². The smallest absolute Gasteiger partial charge is 0.0236 e. The number of rotatable bonds is 9. The van der Waals surface area contributed by atoms with Gasteiger partial charge in [0.1, 0.15) is 0 Å². The van der Waals surface area contributed by atoms with Crippen LogP contribution in [0.1, 0.15) is 51.7 Å². The van der Waals surface area contributed by atoms with E-state index in [1.54, 1.807) is 0 Å². The van der Waals surface area contributed by atoms with Gasteiger partial charge < -0.3 is 5.32 Å². The van der Waals surface area contributed by atoms with Crippen molar-refractivity contribution in [3.05, 3.63) is 35.4 Å². The highest BCUT2D eigenvalue weighted by Gasteiger charge is 2.29. The van der Waals surface area contributed by atoms with Crippen molar-refractivity contribution in [3.8, 4) is 0 Å². The van der Waals surface area contributed by atoms with E-state index in [1.165, 1.54) is 30.5 Å². The van der Waals surface area contributed by atoms with Gasteiger partial charge in [0, 0.05) is 25.7 Å². The molecule has 0 bridgehead atoms. The molecule has 1 aromatic carbocycles. The van der Waals surface area contributed by atoms with Crippen molar-refractivity contribution in [2.75, 3.05) is 13.1 Å². The summed E-state index contributed by atoms with van der Waals surface area (Å²) >= 11 is 0. The lowest BCUT2D eigenvalue weighted by atomic mass is 10.1. The molecule has 1 aliphatic rings. The fourth-order valence-corrected chi connectivity index (χ4v) is 2.75. The van der Waals surface area contributed by atoms with Gasteiger partial charge in [0.25, 0.3) is 0 Å². The molecule has 118 valence electrons. The van der Waals surface area contributed by atoms with Crippen molar-refractivity contribution >= 4 is 0 Å². The maximum atomic E-state index is 3.51. The Balaban J connectivity index is 1.83. The number of nitrogens with zero attached hydrogens (tertiary/aromatic N) is 1. The summed E-state index contributed by atoms with van der Waals surface area (Å²) in [6.45, 7) is 13.5. The molecule has 1 aliphatic carbocycles. The molecule has 21 heavy (non-hydrogen) atoms. The van der Waals surface area contributed by atoms with Gasteiger partial charge in [-0.25, -0.2) is 0 Å². The fourth-order valence-electron chi connectivity index (χ4n) is 2.75. The van der Waals surface area contributed by atoms with Gasteiger partial charge in [-0.1, -0.05) is 52.0 Å². The number of nitrogens with one attached hydrogen (secondary N) is 1. The molecule has 1 saturated carbocycles. The molecule has 0 amide bonds. The van der Waals surface area contributed by atoms with Crippen molar-refractivity contribution in [2.45, 2.75) is 59.7 Å². The van der Waals surface area contributed by atoms with Gasteiger partial charge >= 0.3 is 0 Å². The predicted octanol–water partition coefficient (Wildman–Crippen LogP) is 4.05. The molecule has 0 radical (unpaired) electrons. The second-order valence-corrected chi connectivity index (χ2v) is 7.40. The molecule has 1 aromatic rings. The van der Waals surface area contributed by atoms with Gasteiger partial charge in [-0.05, 0) is 42.3 Å². The van der Waals surface area contributed by atoms with Gasteiger partial charge in [0.2, 0.25) is 0 Å². The van der Waals surface area contributed by atoms with Crippen LogP contribution in [0, 0.1) is 11.8 Å². The third kappa shape index (κ3) is 6.19. The highest BCUT2D eigenvalue weighted by atomic mass is 15.2. The van der Waals surface area contributed by atoms with Gasteiger partial charge in [0.15, 0.2) is 0 Å². The molecule has 0 unspecified atom stereocenters. The van der Waals surface area contributed by atoms with E-state index in [0.717, 1.165) is 31.6 Å². The average molecular weight is 288 g/mol. The van der Waals surface area contributed by atoms with Crippen LogP contribution in [0.15, 0.2) is 24.3 Å². The molecule has 0 spiro atoms. The minimum Gasteiger partial charge on any atom is -0.312 e. The molecule has 0 aromatic heterocycles. The fraction of sp³-hybridized carbons (Fsp3) is 0.684. The Morgan fingerprint density at radius 2 is 1.62 bits per heavy atom. The third-order valence-corrected chi connectivity index (χ3v) is 3.95. The molecule has 0 aliphatic heterocycles. The van der Waals surface area contributed by atoms with E-state index in [0.29, 0.717) is 5.92 Å². The standard InChI is InChI=1S/C19H32N2/c1-15(2)11-20-12-17-5-7-18(8-6-17)14-21(13-16(3)4)19-9-10-19/h5-8,15-16,19-20H,9-14H2,1-4H3. The molecule has 0 heterocycles. The molecule has 0 atom stereocenters. The van der Waals surface area contributed by atoms with Crippen LogP contribution in [0.3, 0.4) is 0 Å². The summed E-state index contributed by atoms with van der Waals surface area (Å²) in [6, 6.07) is 10.0. The van der Waals surface area contributed by atoms with Crippen LogP contribution >= 0.6 is 0 Å². The summed E-state index contributed by atoms with van der Waals surface area (Å²) in [6.07, 6.45) is 2.79. The van der Waals surface area contributed by atoms with Gasteiger partial charge in [0.05, 0.1) is 0 Å². The van der Waals surface area contributed by atoms with Gasteiger partial charge in [-0.15, -0.1) is 0 Å². The van der Waals surface area contributed by atoms with Crippen molar-refractivity contribution in [1.82, 2.24) is 10.2 Å². The van der Waals surface area contributed by atoms with E-state index in [9.17, 15) is 0 Å². The highest BCUT2D eigenvalue weighted by Crippen LogP contribution is 2.29. The Labute approximate surface area is 130 Å². The highest BCUT2D eigenvalue weighted by molar-refractivity contribution is 5.22. The zero-order valence-corrected chi connectivity index (χ0v) is 14.2. The topological polar surface area (TPSA) is 15.3 Å². The lowest BCUT2D eigenvalue weighted by Gasteiger charge is -2.24. The van der Waals surface area contributed by atoms with Crippen LogP contribution in [0.2, 0.25) is 0 Å². The lowest BCUT2D eigenvalue weighted by molar-refractivity contribution is 0.226. The quantitative estimate of drug-likeness (QED) is 0.737. The first-order chi connectivity index (χ1) is 10.0. The Hall–Kier alpha value is -0.860. The molecule has 2 heteroatoms. The Bertz CT molecular complexity index is 404. The molecule has 0 saturated heterocycles. The van der Waals surface area contributed by atoms with E-state index < -0.39 is 0 Å². The predicted molar refractivity (Wildman–Crippen MR) is 91.3 cm³/mol. The third-order valence-electron chi connectivity index (χ3n) is 3.95. The van der Waals surface area contributed by atoms with E-state index in [4.69, 9.17) is 0 Å². The molecule has 1 fully saturated rings. The van der Waals surface area contributed by atoms with Crippen molar-refractivity contribution in [3.63, 3.8) is 0 Å². The van der Waals surface area contributed by atoms with Crippen LogP contribution in [0.5, 0.6) is 0 Å². The van der Waals surface area contributed by atoms with E-state index >= 15 is 0 Å². The summed E-state index contributed by atoms with van der Waals surface area (Å²) in [5.41, 5.74) is 2.84. The van der Waals surface area contributed by atoms with Crippen LogP contribution in [0.25, 0.3) is 0 Å². The van der Waals surface area contributed by atoms with E-state index in [1.807, 2.05) is 0 Å². The summed E-state index contributed by atoms with van der Waals surface area (Å²) in [5, 5.41) is 3.51. The summed E-state index contributed by atoms with van der Waals surface area (Å²) in [4.78, 5) is 2.66. The monoisotopic (exact) mass is 288 g/mol. The second kappa shape index (κ2) is 7.95. The Morgan fingerprint density at radius 3 is 2.14 bits per heavy atom.